The normalized spacial score (nSPS) is 12.9. The molecule has 244 valence electrons. The minimum Gasteiger partial charge on any atom is -0.494 e. The van der Waals surface area contributed by atoms with Gasteiger partial charge in [0.1, 0.15) is 30.5 Å². The Morgan fingerprint density at radius 3 is 1.88 bits per heavy atom. The van der Waals surface area contributed by atoms with Gasteiger partial charge in [0.15, 0.2) is 6.10 Å². The maximum Gasteiger partial charge on any atom is 0.331 e. The fourth-order valence-corrected chi connectivity index (χ4v) is 5.76. The van der Waals surface area contributed by atoms with Crippen molar-refractivity contribution < 1.29 is 33.3 Å². The summed E-state index contributed by atoms with van der Waals surface area (Å²) in [5, 5.41) is 4.32. The Kier molecular flexibility index (Phi) is 10.7. The molecule has 0 N–H and O–H groups in total. The standard InChI is InChI=1S/C41H38O7/c1-2-38(42)45-26-10-4-3-9-25-44-32-20-15-29(16-21-32)17-24-39(43)48-33-27-46-36-22-18-30-11-5-7-13-34(30)40(36)41-35-14-8-6-12-31(35)19-23-37(41)47-28-33/h2,5-8,11-24,33H,1,3-4,9-10,25-28H2/b24-17+. The largest absolute Gasteiger partial charge is 0.494 e. The third-order valence-electron chi connectivity index (χ3n) is 8.17. The Morgan fingerprint density at radius 2 is 1.27 bits per heavy atom. The van der Waals surface area contributed by atoms with Gasteiger partial charge in [-0.05, 0) is 83.1 Å². The maximum absolute atomic E-state index is 12.9. The Bertz CT molecular complexity index is 1840. The highest BCUT2D eigenvalue weighted by Crippen LogP contribution is 2.46. The number of fused-ring (bicyclic) bond motifs is 7. The molecule has 0 saturated carbocycles. The zero-order valence-corrected chi connectivity index (χ0v) is 26.8. The van der Waals surface area contributed by atoms with Crippen LogP contribution >= 0.6 is 0 Å². The molecule has 1 aliphatic rings. The third-order valence-corrected chi connectivity index (χ3v) is 8.17. The van der Waals surface area contributed by atoms with Gasteiger partial charge in [-0.3, -0.25) is 0 Å². The molecule has 0 radical (unpaired) electrons. The monoisotopic (exact) mass is 642 g/mol. The number of hydrogen-bond donors (Lipinski definition) is 0. The molecule has 0 spiro atoms. The number of ether oxygens (including phenoxy) is 5. The second-order valence-electron chi connectivity index (χ2n) is 11.5. The van der Waals surface area contributed by atoms with Crippen LogP contribution in [-0.2, 0) is 19.1 Å². The summed E-state index contributed by atoms with van der Waals surface area (Å²) in [5.74, 6) is 1.31. The van der Waals surface area contributed by atoms with Crippen molar-refractivity contribution in [2.24, 2.45) is 0 Å². The number of esters is 2. The van der Waals surface area contributed by atoms with Crippen LogP contribution in [0.5, 0.6) is 17.2 Å². The van der Waals surface area contributed by atoms with Gasteiger partial charge in [0.2, 0.25) is 0 Å². The van der Waals surface area contributed by atoms with Gasteiger partial charge >= 0.3 is 11.9 Å². The van der Waals surface area contributed by atoms with Crippen molar-refractivity contribution in [3.63, 3.8) is 0 Å². The molecule has 0 aromatic heterocycles. The van der Waals surface area contributed by atoms with Crippen molar-refractivity contribution in [2.45, 2.75) is 31.8 Å². The van der Waals surface area contributed by atoms with Crippen LogP contribution in [0.1, 0.15) is 31.2 Å². The van der Waals surface area contributed by atoms with Crippen LogP contribution in [0.15, 0.2) is 116 Å². The first-order chi connectivity index (χ1) is 23.6. The predicted molar refractivity (Wildman–Crippen MR) is 188 cm³/mol. The van der Waals surface area contributed by atoms with Crippen molar-refractivity contribution in [1.82, 2.24) is 0 Å². The molecule has 0 amide bonds. The van der Waals surface area contributed by atoms with E-state index in [0.717, 1.165) is 69.7 Å². The third kappa shape index (κ3) is 8.04. The second-order valence-corrected chi connectivity index (χ2v) is 11.5. The van der Waals surface area contributed by atoms with Crippen LogP contribution in [-0.4, -0.2) is 44.5 Å². The molecule has 5 aromatic carbocycles. The Balaban J connectivity index is 1.06. The van der Waals surface area contributed by atoms with E-state index in [1.54, 1.807) is 6.08 Å². The van der Waals surface area contributed by atoms with Crippen molar-refractivity contribution in [1.29, 1.82) is 0 Å². The van der Waals surface area contributed by atoms with Gasteiger partial charge in [0, 0.05) is 23.3 Å². The zero-order chi connectivity index (χ0) is 33.1. The summed E-state index contributed by atoms with van der Waals surface area (Å²) in [4.78, 5) is 24.0. The number of rotatable bonds is 12. The molecule has 0 unspecified atom stereocenters. The molecule has 5 aromatic rings. The number of benzene rings is 5. The molecule has 0 fully saturated rings. The van der Waals surface area contributed by atoms with Crippen LogP contribution < -0.4 is 14.2 Å². The lowest BCUT2D eigenvalue weighted by Gasteiger charge is -2.17. The molecule has 1 aliphatic heterocycles. The van der Waals surface area contributed by atoms with E-state index in [2.05, 4.69) is 30.8 Å². The van der Waals surface area contributed by atoms with Gasteiger partial charge in [0.05, 0.1) is 13.2 Å². The summed E-state index contributed by atoms with van der Waals surface area (Å²) in [7, 11) is 0. The summed E-state index contributed by atoms with van der Waals surface area (Å²) in [6, 6.07) is 32.1. The maximum atomic E-state index is 12.9. The number of unbranched alkanes of at least 4 members (excludes halogenated alkanes) is 3. The van der Waals surface area contributed by atoms with Gasteiger partial charge in [0.25, 0.3) is 0 Å². The lowest BCUT2D eigenvalue weighted by molar-refractivity contribution is -0.146. The molecule has 7 heteroatoms. The van der Waals surface area contributed by atoms with Crippen molar-refractivity contribution in [2.75, 3.05) is 26.4 Å². The second kappa shape index (κ2) is 15.8. The van der Waals surface area contributed by atoms with Gasteiger partial charge in [-0.15, -0.1) is 0 Å². The highest BCUT2D eigenvalue weighted by molar-refractivity contribution is 6.09. The molecule has 0 atom stereocenters. The number of hydrogen-bond acceptors (Lipinski definition) is 7. The fraction of sp³-hybridized carbons (Fsp3) is 0.220. The smallest absolute Gasteiger partial charge is 0.331 e. The Morgan fingerprint density at radius 1 is 0.688 bits per heavy atom. The predicted octanol–water partition coefficient (Wildman–Crippen LogP) is 8.72. The lowest BCUT2D eigenvalue weighted by Crippen LogP contribution is -2.30. The van der Waals surface area contributed by atoms with E-state index in [4.69, 9.17) is 23.7 Å². The van der Waals surface area contributed by atoms with Crippen LogP contribution in [0.25, 0.3) is 38.7 Å². The summed E-state index contributed by atoms with van der Waals surface area (Å²) < 4.78 is 29.4. The Hall–Kier alpha value is -5.56. The molecule has 1 heterocycles. The SMILES string of the molecule is C=CC(=O)OCCCCCCOc1ccc(/C=C/C(=O)OC2COc3ccc4ccccc4c3-c3c(ccc4ccccc34)OC2)cc1. The molecular formula is C41H38O7. The quantitative estimate of drug-likeness (QED) is 0.0765. The van der Waals surface area contributed by atoms with Gasteiger partial charge < -0.3 is 23.7 Å². The van der Waals surface area contributed by atoms with Crippen molar-refractivity contribution in [3.05, 3.63) is 121 Å². The van der Waals surface area contributed by atoms with Crippen LogP contribution in [0.4, 0.5) is 0 Å². The summed E-state index contributed by atoms with van der Waals surface area (Å²) in [6.45, 7) is 4.68. The van der Waals surface area contributed by atoms with Crippen molar-refractivity contribution >= 4 is 39.6 Å². The first-order valence-electron chi connectivity index (χ1n) is 16.3. The van der Waals surface area contributed by atoms with Gasteiger partial charge in [-0.2, -0.15) is 0 Å². The average molecular weight is 643 g/mol. The molecule has 0 saturated heterocycles. The van der Waals surface area contributed by atoms with Gasteiger partial charge in [-0.1, -0.05) is 79.4 Å². The van der Waals surface area contributed by atoms with E-state index < -0.39 is 12.1 Å². The minimum atomic E-state index is -0.628. The van der Waals surface area contributed by atoms with E-state index in [1.807, 2.05) is 72.8 Å². The molecule has 0 aliphatic carbocycles. The number of carbonyl (C=O) groups is 2. The molecular weight excluding hydrogens is 604 g/mol. The minimum absolute atomic E-state index is 0.144. The molecule has 6 rings (SSSR count). The van der Waals surface area contributed by atoms with Crippen LogP contribution in [0.3, 0.4) is 0 Å². The highest BCUT2D eigenvalue weighted by Gasteiger charge is 2.24. The number of carbonyl (C=O) groups excluding carboxylic acids is 2. The Labute approximate surface area is 280 Å². The summed E-state index contributed by atoms with van der Waals surface area (Å²) in [5.41, 5.74) is 2.77. The summed E-state index contributed by atoms with van der Waals surface area (Å²) >= 11 is 0. The van der Waals surface area contributed by atoms with Gasteiger partial charge in [-0.25, -0.2) is 9.59 Å². The lowest BCUT2D eigenvalue weighted by atomic mass is 9.92. The van der Waals surface area contributed by atoms with E-state index in [0.29, 0.717) is 24.7 Å². The fourth-order valence-electron chi connectivity index (χ4n) is 5.76. The molecule has 7 nitrogen and oxygen atoms in total. The zero-order valence-electron chi connectivity index (χ0n) is 26.8. The average Bonchev–Trinajstić information content (AvgIpc) is 3.20. The van der Waals surface area contributed by atoms with Crippen molar-refractivity contribution in [3.8, 4) is 28.4 Å². The topological polar surface area (TPSA) is 80.3 Å². The van der Waals surface area contributed by atoms with Crippen LogP contribution in [0.2, 0.25) is 0 Å². The summed E-state index contributed by atoms with van der Waals surface area (Å²) in [6.07, 6.45) is 7.34. The highest BCUT2D eigenvalue weighted by atomic mass is 16.6. The van der Waals surface area contributed by atoms with E-state index in [1.165, 1.54) is 12.2 Å². The first-order valence-corrected chi connectivity index (χ1v) is 16.3. The first kappa shape index (κ1) is 32.4. The van der Waals surface area contributed by atoms with E-state index >= 15 is 0 Å². The van der Waals surface area contributed by atoms with Crippen LogP contribution in [0, 0.1) is 0 Å². The van der Waals surface area contributed by atoms with E-state index in [-0.39, 0.29) is 19.2 Å². The van der Waals surface area contributed by atoms with E-state index in [9.17, 15) is 9.59 Å². The molecule has 0 bridgehead atoms. The molecule has 48 heavy (non-hydrogen) atoms.